The van der Waals surface area contributed by atoms with Crippen molar-refractivity contribution in [1.82, 2.24) is 19.9 Å². The maximum Gasteiger partial charge on any atom is 0.327 e. The van der Waals surface area contributed by atoms with Gasteiger partial charge >= 0.3 is 12.0 Å². The number of benzene rings is 6. The average Bonchev–Trinajstić information content (AvgIpc) is 3.27. The standard InChI is InChI=1S/C46H34N6O10S2.2Na/c53-63(54,55)39-27-33(47-41-29-43(59-35-13-5-1-6-14-35)51-45(49-41)61-37-17-9-3-10-18-37)25-23-31(39)21-22-32-24-26-34(28-40(32)64(56,57)58)48-42-30-44(60-36-15-7-2-8-16-36)52-46(50-42)62-38-19-11-4-12-20-38;;/h1-30H,(H,47,49,51)(H,48,50,52)(H,53,54,55)(H,56,57,58);;. The molecule has 8 aromatic rings. The Bertz CT molecular complexity index is 2850. The van der Waals surface area contributed by atoms with E-state index < -0.39 is 30.0 Å². The van der Waals surface area contributed by atoms with Crippen molar-refractivity contribution in [2.75, 3.05) is 10.6 Å². The third-order valence-corrected chi connectivity index (χ3v) is 10.6. The molecule has 0 saturated heterocycles. The molecule has 0 bridgehead atoms. The molecule has 66 heavy (non-hydrogen) atoms. The zero-order valence-electron chi connectivity index (χ0n) is 35.1. The Labute approximate surface area is 423 Å². The van der Waals surface area contributed by atoms with Crippen LogP contribution < -0.4 is 29.6 Å². The second-order valence-corrected chi connectivity index (χ2v) is 16.2. The van der Waals surface area contributed by atoms with Gasteiger partial charge in [0, 0.05) is 82.6 Å². The minimum Gasteiger partial charge on any atom is -0.439 e. The van der Waals surface area contributed by atoms with E-state index in [1.807, 2.05) is 24.3 Å². The number of nitrogens with one attached hydrogen (secondary N) is 2. The fourth-order valence-electron chi connectivity index (χ4n) is 5.96. The molecule has 0 aliphatic carbocycles. The first-order valence-corrected chi connectivity index (χ1v) is 21.9. The Morgan fingerprint density at radius 2 is 0.727 bits per heavy atom. The van der Waals surface area contributed by atoms with Crippen LogP contribution in [0.4, 0.5) is 23.0 Å². The number of hydrogen-bond acceptors (Lipinski definition) is 14. The first kappa shape index (κ1) is 49.3. The fourth-order valence-corrected chi connectivity index (χ4v) is 7.38. The Kier molecular flexibility index (Phi) is 16.7. The van der Waals surface area contributed by atoms with Crippen LogP contribution in [0.5, 0.6) is 46.8 Å². The number of hydrogen-bond donors (Lipinski definition) is 4. The van der Waals surface area contributed by atoms with Crippen molar-refractivity contribution in [3.05, 3.63) is 181 Å². The van der Waals surface area contributed by atoms with Gasteiger partial charge in [0.15, 0.2) is 0 Å². The van der Waals surface area contributed by atoms with Crippen LogP contribution in [0.15, 0.2) is 180 Å². The van der Waals surface area contributed by atoms with Gasteiger partial charge in [-0.1, -0.05) is 97.1 Å². The molecular formula is C46H34N6Na2O10S2. The smallest absolute Gasteiger partial charge is 0.327 e. The van der Waals surface area contributed by atoms with Crippen molar-refractivity contribution in [3.8, 4) is 46.8 Å². The summed E-state index contributed by atoms with van der Waals surface area (Å²) in [6.45, 7) is 0. The Hall–Kier alpha value is -6.16. The minimum atomic E-state index is -4.86. The Morgan fingerprint density at radius 3 is 1.05 bits per heavy atom. The zero-order chi connectivity index (χ0) is 44.5. The van der Waals surface area contributed by atoms with Crippen LogP contribution in [-0.4, -0.2) is 105 Å². The summed E-state index contributed by atoms with van der Waals surface area (Å²) in [6, 6.07) is 46.3. The molecule has 0 atom stereocenters. The van der Waals surface area contributed by atoms with Crippen LogP contribution >= 0.6 is 0 Å². The normalized spacial score (nSPS) is 11.1. The van der Waals surface area contributed by atoms with Gasteiger partial charge in [-0.25, -0.2) is 0 Å². The van der Waals surface area contributed by atoms with E-state index in [1.165, 1.54) is 48.6 Å². The van der Waals surface area contributed by atoms with Crippen molar-refractivity contribution < 1.29 is 44.9 Å². The van der Waals surface area contributed by atoms with E-state index in [4.69, 9.17) is 18.9 Å². The van der Waals surface area contributed by atoms with Gasteiger partial charge in [-0.15, -0.1) is 0 Å². The number of aromatic nitrogens is 4. The van der Waals surface area contributed by atoms with Crippen LogP contribution in [0.25, 0.3) is 12.2 Å². The minimum absolute atomic E-state index is 0. The third kappa shape index (κ3) is 13.7. The number of para-hydroxylation sites is 4. The number of anilines is 4. The maximum absolute atomic E-state index is 12.7. The summed E-state index contributed by atoms with van der Waals surface area (Å²) in [5.41, 5.74) is 0.345. The quantitative estimate of drug-likeness (QED) is 0.0402. The van der Waals surface area contributed by atoms with Gasteiger partial charge in [0.2, 0.25) is 11.8 Å². The molecule has 0 aliphatic heterocycles. The van der Waals surface area contributed by atoms with Crippen LogP contribution in [0.3, 0.4) is 0 Å². The molecule has 8 rings (SSSR count). The van der Waals surface area contributed by atoms with Crippen molar-refractivity contribution in [2.45, 2.75) is 9.79 Å². The molecule has 322 valence electrons. The Morgan fingerprint density at radius 1 is 0.409 bits per heavy atom. The zero-order valence-corrected chi connectivity index (χ0v) is 40.7. The van der Waals surface area contributed by atoms with Gasteiger partial charge in [0.05, 0.1) is 0 Å². The fraction of sp³-hybridized carbons (Fsp3) is 0. The summed E-state index contributed by atoms with van der Waals surface area (Å²) >= 11 is 0. The summed E-state index contributed by atoms with van der Waals surface area (Å²) in [6.07, 6.45) is 2.55. The Balaban J connectivity index is 0.00000360. The van der Waals surface area contributed by atoms with E-state index in [0.717, 1.165) is 12.1 Å². The van der Waals surface area contributed by atoms with Crippen LogP contribution in [0.1, 0.15) is 11.1 Å². The first-order valence-electron chi connectivity index (χ1n) is 19.0. The summed E-state index contributed by atoms with van der Waals surface area (Å²) in [5.74, 6) is 2.42. The van der Waals surface area contributed by atoms with Crippen molar-refractivity contribution >= 4 is 115 Å². The van der Waals surface area contributed by atoms with E-state index in [-0.39, 0.29) is 117 Å². The van der Waals surface area contributed by atoms with E-state index in [9.17, 15) is 25.9 Å². The molecule has 4 N–H and O–H groups in total. The van der Waals surface area contributed by atoms with Crippen molar-refractivity contribution in [3.63, 3.8) is 0 Å². The second-order valence-electron chi connectivity index (χ2n) is 13.4. The average molecular weight is 941 g/mol. The molecule has 2 aromatic heterocycles. The molecule has 2 radical (unpaired) electrons. The molecule has 0 fully saturated rings. The molecule has 0 saturated carbocycles. The van der Waals surface area contributed by atoms with Gasteiger partial charge in [-0.3, -0.25) is 9.11 Å². The van der Waals surface area contributed by atoms with E-state index in [1.54, 1.807) is 97.1 Å². The van der Waals surface area contributed by atoms with Crippen LogP contribution in [0.2, 0.25) is 0 Å². The SMILES string of the molecule is O=S(=O)(O)c1cc(Nc2cc(Oc3ccccc3)nc(Oc3ccccc3)n2)ccc1C=Cc1ccc(Nc2cc(Oc3ccccc3)nc(Oc3ccccc3)n2)cc1S(=O)(=O)O.[Na].[Na]. The van der Waals surface area contributed by atoms with Gasteiger partial charge in [-0.05, 0) is 83.9 Å². The summed E-state index contributed by atoms with van der Waals surface area (Å²) in [5, 5.41) is 6.00. The van der Waals surface area contributed by atoms with Crippen LogP contribution in [0, 0.1) is 0 Å². The molecule has 0 spiro atoms. The summed E-state index contributed by atoms with van der Waals surface area (Å²) < 4.78 is 95.1. The number of ether oxygens (including phenoxy) is 4. The topological polar surface area (TPSA) is 221 Å². The van der Waals surface area contributed by atoms with E-state index in [2.05, 4.69) is 30.6 Å². The first-order chi connectivity index (χ1) is 30.9. The van der Waals surface area contributed by atoms with Crippen LogP contribution in [-0.2, 0) is 20.2 Å². The summed E-state index contributed by atoms with van der Waals surface area (Å²) in [4.78, 5) is 16.5. The largest absolute Gasteiger partial charge is 0.439 e. The number of nitrogens with zero attached hydrogens (tertiary/aromatic N) is 4. The van der Waals surface area contributed by atoms with Crippen molar-refractivity contribution in [2.24, 2.45) is 0 Å². The molecule has 0 unspecified atom stereocenters. The summed E-state index contributed by atoms with van der Waals surface area (Å²) in [7, 11) is -9.72. The molecule has 0 amide bonds. The molecule has 6 aromatic carbocycles. The van der Waals surface area contributed by atoms with Gasteiger partial charge < -0.3 is 29.6 Å². The molecule has 20 heteroatoms. The molecule has 16 nitrogen and oxygen atoms in total. The predicted octanol–water partition coefficient (Wildman–Crippen LogP) is 9.83. The molecular weight excluding hydrogens is 907 g/mol. The predicted molar refractivity (Wildman–Crippen MR) is 250 cm³/mol. The third-order valence-electron chi connectivity index (χ3n) is 8.77. The number of rotatable bonds is 16. The van der Waals surface area contributed by atoms with E-state index in [0.29, 0.717) is 23.0 Å². The second kappa shape index (κ2) is 22.4. The molecule has 0 aliphatic rings. The maximum atomic E-state index is 12.7. The molecule has 2 heterocycles. The van der Waals surface area contributed by atoms with Gasteiger partial charge in [-0.2, -0.15) is 36.8 Å². The van der Waals surface area contributed by atoms with Gasteiger partial charge in [0.25, 0.3) is 20.2 Å². The van der Waals surface area contributed by atoms with Crippen molar-refractivity contribution in [1.29, 1.82) is 0 Å². The van der Waals surface area contributed by atoms with Gasteiger partial charge in [0.1, 0.15) is 44.4 Å². The van der Waals surface area contributed by atoms with E-state index >= 15 is 0 Å². The monoisotopic (exact) mass is 940 g/mol.